The summed E-state index contributed by atoms with van der Waals surface area (Å²) >= 11 is 0. The molecule has 3 aromatic rings. The number of carbonyl (C=O) groups excluding carboxylic acids is 3. The number of phenols is 1. The molecule has 52 heavy (non-hydrogen) atoms. The van der Waals surface area contributed by atoms with Crippen LogP contribution in [0.15, 0.2) is 60.7 Å². The van der Waals surface area contributed by atoms with E-state index in [9.17, 15) is 19.5 Å². The second-order valence-corrected chi connectivity index (χ2v) is 16.3. The van der Waals surface area contributed by atoms with E-state index in [0.717, 1.165) is 69.4 Å². The van der Waals surface area contributed by atoms with Crippen LogP contribution in [0.1, 0.15) is 89.9 Å². The van der Waals surface area contributed by atoms with Crippen molar-refractivity contribution in [2.24, 2.45) is 17.8 Å². The van der Waals surface area contributed by atoms with Crippen LogP contribution in [-0.4, -0.2) is 84.5 Å². The van der Waals surface area contributed by atoms with Crippen molar-refractivity contribution in [2.75, 3.05) is 55.6 Å². The molecule has 0 bridgehead atoms. The Morgan fingerprint density at radius 1 is 0.712 bits per heavy atom. The van der Waals surface area contributed by atoms with Crippen molar-refractivity contribution in [2.45, 2.75) is 76.3 Å². The second kappa shape index (κ2) is 13.9. The minimum atomic E-state index is -0.580. The van der Waals surface area contributed by atoms with E-state index in [0.29, 0.717) is 42.0 Å². The quantitative estimate of drug-likeness (QED) is 0.306. The Hall–Kier alpha value is -4.37. The molecule has 2 N–H and O–H groups in total. The third kappa shape index (κ3) is 6.35. The van der Waals surface area contributed by atoms with Gasteiger partial charge >= 0.3 is 0 Å². The van der Waals surface area contributed by atoms with Crippen LogP contribution in [0.5, 0.6) is 5.75 Å². The molecule has 2 aliphatic carbocycles. The molecule has 0 spiro atoms. The van der Waals surface area contributed by atoms with Crippen LogP contribution in [0, 0.1) is 17.8 Å². The molecule has 1 saturated carbocycles. The molecular weight excluding hydrogens is 651 g/mol. The van der Waals surface area contributed by atoms with Crippen molar-refractivity contribution in [3.05, 3.63) is 88.5 Å². The molecule has 4 heterocycles. The summed E-state index contributed by atoms with van der Waals surface area (Å²) in [6.45, 7) is 7.76. The number of rotatable bonds is 7. The van der Waals surface area contributed by atoms with Crippen LogP contribution in [0.25, 0.3) is 0 Å². The lowest BCUT2D eigenvalue weighted by atomic mass is 9.62. The van der Waals surface area contributed by atoms with Crippen LogP contribution in [0.4, 0.5) is 11.4 Å². The third-order valence-corrected chi connectivity index (χ3v) is 13.4. The number of piperidine rings is 2. The highest BCUT2D eigenvalue weighted by atomic mass is 16.3. The highest BCUT2D eigenvalue weighted by Crippen LogP contribution is 2.50. The lowest BCUT2D eigenvalue weighted by Crippen LogP contribution is -2.52. The topological polar surface area (TPSA) is 96.4 Å². The second-order valence-electron chi connectivity index (χ2n) is 16.3. The fraction of sp³-hybridized carbons (Fsp3) is 0.512. The Bertz CT molecular complexity index is 1840. The number of imide groups is 1. The number of anilines is 2. The maximum Gasteiger partial charge on any atom is 0.255 e. The van der Waals surface area contributed by atoms with Crippen molar-refractivity contribution in [1.29, 1.82) is 0 Å². The summed E-state index contributed by atoms with van der Waals surface area (Å²) in [5.41, 5.74) is 8.31. The maximum absolute atomic E-state index is 13.1. The van der Waals surface area contributed by atoms with Crippen LogP contribution < -0.4 is 15.1 Å². The predicted octanol–water partition coefficient (Wildman–Crippen LogP) is 5.69. The van der Waals surface area contributed by atoms with Gasteiger partial charge in [0.25, 0.3) is 5.91 Å². The highest BCUT2D eigenvalue weighted by Gasteiger charge is 2.40. The number of nitrogens with one attached hydrogen (secondary N) is 1. The first-order valence-electron chi connectivity index (χ1n) is 19.8. The van der Waals surface area contributed by atoms with E-state index in [4.69, 9.17) is 0 Å². The smallest absolute Gasteiger partial charge is 0.255 e. The number of fused-ring (bicyclic) bond motifs is 2. The molecule has 272 valence electrons. The van der Waals surface area contributed by atoms with E-state index in [2.05, 4.69) is 62.5 Å². The first kappa shape index (κ1) is 33.5. The molecule has 9 rings (SSSR count). The van der Waals surface area contributed by atoms with Crippen molar-refractivity contribution >= 4 is 29.1 Å². The fourth-order valence-corrected chi connectivity index (χ4v) is 10.2. The van der Waals surface area contributed by atoms with Gasteiger partial charge in [-0.1, -0.05) is 37.5 Å². The number of aromatic hydroxyl groups is 1. The molecule has 1 unspecified atom stereocenters. The summed E-state index contributed by atoms with van der Waals surface area (Å²) in [7, 11) is 0. The Morgan fingerprint density at radius 3 is 2.19 bits per heavy atom. The van der Waals surface area contributed by atoms with Crippen molar-refractivity contribution in [1.82, 2.24) is 15.1 Å². The summed E-state index contributed by atoms with van der Waals surface area (Å²) in [6, 6.07) is 21.1. The zero-order chi connectivity index (χ0) is 35.3. The summed E-state index contributed by atoms with van der Waals surface area (Å²) in [5, 5.41) is 12.6. The van der Waals surface area contributed by atoms with Crippen LogP contribution >= 0.6 is 0 Å². The van der Waals surface area contributed by atoms with E-state index in [1.807, 2.05) is 18.2 Å². The fourth-order valence-electron chi connectivity index (χ4n) is 10.2. The minimum absolute atomic E-state index is 0.116. The van der Waals surface area contributed by atoms with E-state index < -0.39 is 6.04 Å². The molecule has 6 aliphatic rings. The van der Waals surface area contributed by atoms with Gasteiger partial charge in [0.2, 0.25) is 11.8 Å². The summed E-state index contributed by atoms with van der Waals surface area (Å²) < 4.78 is 0. The Balaban J connectivity index is 0.768. The average Bonchev–Trinajstić information content (AvgIpc) is 3.46. The number of phenolic OH excluding ortho intramolecular Hbond substituents is 1. The van der Waals surface area contributed by atoms with Crippen LogP contribution in [0.2, 0.25) is 0 Å². The van der Waals surface area contributed by atoms with Gasteiger partial charge in [0, 0.05) is 81.6 Å². The number of carbonyl (C=O) groups is 3. The number of benzene rings is 3. The van der Waals surface area contributed by atoms with Gasteiger partial charge in [-0.2, -0.15) is 0 Å². The molecular formula is C43H51N5O4. The molecule has 4 fully saturated rings. The molecule has 3 aromatic carbocycles. The number of piperazine rings is 1. The molecule has 4 aliphatic heterocycles. The van der Waals surface area contributed by atoms with Gasteiger partial charge in [0.15, 0.2) is 0 Å². The van der Waals surface area contributed by atoms with Gasteiger partial charge < -0.3 is 19.8 Å². The highest BCUT2D eigenvalue weighted by molar-refractivity contribution is 6.05. The van der Waals surface area contributed by atoms with Gasteiger partial charge in [-0.15, -0.1) is 0 Å². The minimum Gasteiger partial charge on any atom is -0.508 e. The normalized spacial score (nSPS) is 25.9. The zero-order valence-corrected chi connectivity index (χ0v) is 30.1. The van der Waals surface area contributed by atoms with Gasteiger partial charge in [-0.05, 0) is 115 Å². The molecule has 3 amide bonds. The number of hydrogen-bond donors (Lipinski definition) is 2. The maximum atomic E-state index is 13.1. The molecule has 9 nitrogen and oxygen atoms in total. The molecule has 3 saturated heterocycles. The zero-order valence-electron chi connectivity index (χ0n) is 30.1. The molecule has 9 heteroatoms. The standard InChI is InChI=1S/C43H51N5O4/c49-35-10-13-37-31(25-35)6-11-36(29-2-1-3-29)41(37)30-4-7-33(8-5-30)46-18-16-28(17-19-46)26-45-20-22-47(23-21-45)34-9-12-38-32(24-34)27-48(43(38)52)39-14-15-40(50)44-42(39)51/h4-5,7-10,12-13,24-25,28-29,36,39,41,49H,1-3,6,11,14-23,26-27H2,(H,44,50,51)/t36-,39?,41+/m1/s1. The van der Waals surface area contributed by atoms with Gasteiger partial charge in [-0.3, -0.25) is 24.6 Å². The summed E-state index contributed by atoms with van der Waals surface area (Å²) in [5.74, 6) is 2.32. The number of amides is 3. The van der Waals surface area contributed by atoms with E-state index in [-0.39, 0.29) is 24.1 Å². The molecule has 0 radical (unpaired) electrons. The van der Waals surface area contributed by atoms with Crippen LogP contribution in [0.3, 0.4) is 0 Å². The number of hydrogen-bond acceptors (Lipinski definition) is 7. The largest absolute Gasteiger partial charge is 0.508 e. The van der Waals surface area contributed by atoms with Gasteiger partial charge in [0.05, 0.1) is 0 Å². The molecule has 0 aromatic heterocycles. The van der Waals surface area contributed by atoms with Crippen molar-refractivity contribution < 1.29 is 19.5 Å². The van der Waals surface area contributed by atoms with Gasteiger partial charge in [-0.25, -0.2) is 0 Å². The van der Waals surface area contributed by atoms with E-state index in [1.165, 1.54) is 60.9 Å². The summed E-state index contributed by atoms with van der Waals surface area (Å²) in [4.78, 5) is 46.5. The van der Waals surface area contributed by atoms with Gasteiger partial charge in [0.1, 0.15) is 11.8 Å². The lowest BCUT2D eigenvalue weighted by molar-refractivity contribution is -0.136. The Labute approximate surface area is 307 Å². The average molecular weight is 702 g/mol. The monoisotopic (exact) mass is 701 g/mol. The Morgan fingerprint density at radius 2 is 1.46 bits per heavy atom. The lowest BCUT2D eigenvalue weighted by Gasteiger charge is -2.43. The van der Waals surface area contributed by atoms with Crippen LogP contribution in [-0.2, 0) is 22.6 Å². The Kier molecular flexibility index (Phi) is 8.93. The number of aryl methyl sites for hydroxylation is 1. The number of nitrogens with zero attached hydrogens (tertiary/aromatic N) is 4. The van der Waals surface area contributed by atoms with E-state index >= 15 is 0 Å². The summed E-state index contributed by atoms with van der Waals surface area (Å²) in [6.07, 6.45) is 9.49. The first-order chi connectivity index (χ1) is 25.4. The predicted molar refractivity (Wildman–Crippen MR) is 202 cm³/mol. The third-order valence-electron chi connectivity index (χ3n) is 13.4. The SMILES string of the molecule is O=C1CCC(N2Cc3cc(N4CCN(CC5CCN(c6ccc([C@@H]7c8ccc(O)cc8CC[C@@H]7C7CCC7)cc6)CC5)CC4)ccc3C2=O)C(=O)N1. The molecule has 3 atom stereocenters. The van der Waals surface area contributed by atoms with Crippen molar-refractivity contribution in [3.63, 3.8) is 0 Å². The van der Waals surface area contributed by atoms with E-state index in [1.54, 1.807) is 4.90 Å². The van der Waals surface area contributed by atoms with Crippen molar-refractivity contribution in [3.8, 4) is 5.75 Å². The first-order valence-corrected chi connectivity index (χ1v) is 19.8.